The lowest BCUT2D eigenvalue weighted by atomic mass is 10.0. The van der Waals surface area contributed by atoms with Crippen LogP contribution in [0.15, 0.2) is 42.5 Å². The molecule has 2 aromatic rings. The Bertz CT molecular complexity index is 652. The summed E-state index contributed by atoms with van der Waals surface area (Å²) >= 11 is 6.13. The maximum Gasteiger partial charge on any atom is 0.416 e. The van der Waals surface area contributed by atoms with Gasteiger partial charge in [-0.25, -0.2) is 0 Å². The van der Waals surface area contributed by atoms with E-state index >= 15 is 0 Å². The molecule has 0 amide bonds. The van der Waals surface area contributed by atoms with E-state index in [0.717, 1.165) is 17.3 Å². The maximum atomic E-state index is 12.7. The molecular formula is C15H11ClF3N. The first-order valence-electron chi connectivity index (χ1n) is 6.16. The second-order valence-electron chi connectivity index (χ2n) is 4.79. The molecule has 0 aliphatic carbocycles. The summed E-state index contributed by atoms with van der Waals surface area (Å²) in [5.74, 6) is 0. The van der Waals surface area contributed by atoms with Crippen LogP contribution in [0.1, 0.15) is 22.7 Å². The van der Waals surface area contributed by atoms with E-state index in [4.69, 9.17) is 11.6 Å². The molecule has 1 heterocycles. The minimum Gasteiger partial charge on any atom is -0.378 e. The molecule has 1 nitrogen and oxygen atoms in total. The maximum absolute atomic E-state index is 12.7. The summed E-state index contributed by atoms with van der Waals surface area (Å²) in [5, 5.41) is 3.84. The molecule has 0 spiro atoms. The number of benzene rings is 2. The van der Waals surface area contributed by atoms with Crippen LogP contribution in [-0.2, 0) is 12.6 Å². The molecule has 1 aliphatic rings. The Labute approximate surface area is 119 Å². The molecule has 0 saturated heterocycles. The van der Waals surface area contributed by atoms with E-state index in [9.17, 15) is 13.2 Å². The number of fused-ring (bicyclic) bond motifs is 1. The van der Waals surface area contributed by atoms with E-state index in [1.54, 1.807) is 6.07 Å². The van der Waals surface area contributed by atoms with Crippen molar-refractivity contribution in [3.8, 4) is 0 Å². The van der Waals surface area contributed by atoms with Crippen LogP contribution in [0.4, 0.5) is 18.9 Å². The van der Waals surface area contributed by atoms with Gasteiger partial charge in [0.2, 0.25) is 0 Å². The Morgan fingerprint density at radius 2 is 1.85 bits per heavy atom. The highest BCUT2D eigenvalue weighted by atomic mass is 35.5. The largest absolute Gasteiger partial charge is 0.416 e. The molecule has 20 heavy (non-hydrogen) atoms. The van der Waals surface area contributed by atoms with Gasteiger partial charge >= 0.3 is 6.18 Å². The SMILES string of the molecule is FC(F)(F)c1ccc2c(c1)CC(c1ccccc1Cl)N2. The Morgan fingerprint density at radius 1 is 1.10 bits per heavy atom. The van der Waals surface area contributed by atoms with Gasteiger partial charge in [0.1, 0.15) is 0 Å². The molecule has 5 heteroatoms. The summed E-state index contributed by atoms with van der Waals surface area (Å²) < 4.78 is 38.1. The minimum atomic E-state index is -4.31. The lowest BCUT2D eigenvalue weighted by Crippen LogP contribution is -2.05. The molecule has 0 radical (unpaired) electrons. The fourth-order valence-corrected chi connectivity index (χ4v) is 2.75. The molecule has 1 unspecified atom stereocenters. The monoisotopic (exact) mass is 297 g/mol. The van der Waals surface area contributed by atoms with Gasteiger partial charge in [-0.05, 0) is 41.8 Å². The quantitative estimate of drug-likeness (QED) is 0.775. The first-order valence-corrected chi connectivity index (χ1v) is 6.54. The van der Waals surface area contributed by atoms with Crippen LogP contribution in [0.2, 0.25) is 5.02 Å². The zero-order chi connectivity index (χ0) is 14.3. The molecule has 1 aliphatic heterocycles. The molecule has 0 aromatic heterocycles. The number of rotatable bonds is 1. The molecule has 0 bridgehead atoms. The van der Waals surface area contributed by atoms with Crippen molar-refractivity contribution in [2.24, 2.45) is 0 Å². The first-order chi connectivity index (χ1) is 9.45. The average molecular weight is 298 g/mol. The molecule has 104 valence electrons. The van der Waals surface area contributed by atoms with Crippen LogP contribution in [0.3, 0.4) is 0 Å². The van der Waals surface area contributed by atoms with Crippen molar-refractivity contribution in [2.45, 2.75) is 18.6 Å². The summed E-state index contributed by atoms with van der Waals surface area (Å²) in [6.45, 7) is 0. The van der Waals surface area contributed by atoms with Crippen molar-refractivity contribution < 1.29 is 13.2 Å². The van der Waals surface area contributed by atoms with Gasteiger partial charge in [0.25, 0.3) is 0 Å². The highest BCUT2D eigenvalue weighted by Gasteiger charge is 2.32. The summed E-state index contributed by atoms with van der Waals surface area (Å²) in [6, 6.07) is 11.1. The van der Waals surface area contributed by atoms with E-state index in [1.807, 2.05) is 18.2 Å². The minimum absolute atomic E-state index is 0.0813. The predicted octanol–water partition coefficient (Wildman–Crippen LogP) is 5.07. The third-order valence-corrected chi connectivity index (χ3v) is 3.81. The zero-order valence-corrected chi connectivity index (χ0v) is 11.1. The van der Waals surface area contributed by atoms with Gasteiger partial charge in [-0.2, -0.15) is 13.2 Å². The molecule has 3 rings (SSSR count). The zero-order valence-electron chi connectivity index (χ0n) is 10.3. The van der Waals surface area contributed by atoms with E-state index in [1.165, 1.54) is 12.1 Å². The van der Waals surface area contributed by atoms with Crippen molar-refractivity contribution in [1.29, 1.82) is 0 Å². The first kappa shape index (κ1) is 13.3. The van der Waals surface area contributed by atoms with Crippen LogP contribution in [0.5, 0.6) is 0 Å². The summed E-state index contributed by atoms with van der Waals surface area (Å²) in [7, 11) is 0. The fourth-order valence-electron chi connectivity index (χ4n) is 2.48. The van der Waals surface area contributed by atoms with Gasteiger partial charge in [-0.15, -0.1) is 0 Å². The highest BCUT2D eigenvalue weighted by molar-refractivity contribution is 6.31. The Hall–Kier alpha value is -1.68. The third-order valence-electron chi connectivity index (χ3n) is 3.47. The Morgan fingerprint density at radius 3 is 2.55 bits per heavy atom. The second-order valence-corrected chi connectivity index (χ2v) is 5.20. The smallest absolute Gasteiger partial charge is 0.378 e. The van der Waals surface area contributed by atoms with Crippen molar-refractivity contribution in [1.82, 2.24) is 0 Å². The van der Waals surface area contributed by atoms with Gasteiger partial charge in [-0.3, -0.25) is 0 Å². The predicted molar refractivity (Wildman–Crippen MR) is 73.0 cm³/mol. The lowest BCUT2D eigenvalue weighted by molar-refractivity contribution is -0.137. The summed E-state index contributed by atoms with van der Waals surface area (Å²) in [6.07, 6.45) is -3.81. The average Bonchev–Trinajstić information content (AvgIpc) is 2.80. The molecule has 1 N–H and O–H groups in total. The van der Waals surface area contributed by atoms with Crippen molar-refractivity contribution in [3.63, 3.8) is 0 Å². The van der Waals surface area contributed by atoms with Crippen LogP contribution >= 0.6 is 11.6 Å². The number of hydrogen-bond donors (Lipinski definition) is 1. The molecule has 0 saturated carbocycles. The number of anilines is 1. The van der Waals surface area contributed by atoms with E-state index in [-0.39, 0.29) is 6.04 Å². The lowest BCUT2D eigenvalue weighted by Gasteiger charge is -2.13. The van der Waals surface area contributed by atoms with Gasteiger partial charge in [0.05, 0.1) is 11.6 Å². The van der Waals surface area contributed by atoms with Gasteiger partial charge in [0.15, 0.2) is 0 Å². The van der Waals surface area contributed by atoms with Crippen molar-refractivity contribution in [3.05, 3.63) is 64.2 Å². The fraction of sp³-hybridized carbons (Fsp3) is 0.200. The number of alkyl halides is 3. The van der Waals surface area contributed by atoms with Crippen molar-refractivity contribution in [2.75, 3.05) is 5.32 Å². The summed E-state index contributed by atoms with van der Waals surface area (Å²) in [4.78, 5) is 0. The molecule has 0 fully saturated rings. The normalized spacial score (nSPS) is 17.7. The Kier molecular flexibility index (Phi) is 3.13. The van der Waals surface area contributed by atoms with E-state index < -0.39 is 11.7 Å². The number of hydrogen-bond acceptors (Lipinski definition) is 1. The van der Waals surface area contributed by atoms with Crippen LogP contribution in [0, 0.1) is 0 Å². The van der Waals surface area contributed by atoms with Gasteiger partial charge in [0, 0.05) is 10.7 Å². The van der Waals surface area contributed by atoms with Crippen LogP contribution in [0.25, 0.3) is 0 Å². The third kappa shape index (κ3) is 2.36. The van der Waals surface area contributed by atoms with E-state index in [0.29, 0.717) is 17.0 Å². The second kappa shape index (κ2) is 4.70. The topological polar surface area (TPSA) is 12.0 Å². The summed E-state index contributed by atoms with van der Waals surface area (Å²) in [5.41, 5.74) is 1.70. The molecule has 1 atom stereocenters. The number of halogens is 4. The van der Waals surface area contributed by atoms with Crippen molar-refractivity contribution >= 4 is 17.3 Å². The highest BCUT2D eigenvalue weighted by Crippen LogP contribution is 2.39. The van der Waals surface area contributed by atoms with E-state index in [2.05, 4.69) is 5.32 Å². The standard InChI is InChI=1S/C15H11ClF3N/c16-12-4-2-1-3-11(12)14-8-9-7-10(15(17,18)19)5-6-13(9)20-14/h1-7,14,20H,8H2. The molecular weight excluding hydrogens is 287 g/mol. The molecule has 2 aromatic carbocycles. The van der Waals surface area contributed by atoms with Gasteiger partial charge in [-0.1, -0.05) is 29.8 Å². The number of nitrogens with one attached hydrogen (secondary N) is 1. The Balaban J connectivity index is 1.91. The van der Waals surface area contributed by atoms with Crippen LogP contribution in [-0.4, -0.2) is 0 Å². The van der Waals surface area contributed by atoms with Crippen LogP contribution < -0.4 is 5.32 Å². The van der Waals surface area contributed by atoms with Gasteiger partial charge < -0.3 is 5.32 Å².